The van der Waals surface area contributed by atoms with Gasteiger partial charge in [-0.1, -0.05) is 47.5 Å². The third-order valence-corrected chi connectivity index (χ3v) is 2.43. The molecular weight excluding hydrogens is 231 g/mol. The van der Waals surface area contributed by atoms with Crippen LogP contribution >= 0.6 is 23.2 Å². The molecule has 2 aromatic rings. The van der Waals surface area contributed by atoms with Gasteiger partial charge in [-0.15, -0.1) is 0 Å². The first-order valence-electron chi connectivity index (χ1n) is 4.36. The molecule has 0 atom stereocenters. The van der Waals surface area contributed by atoms with Gasteiger partial charge in [-0.05, 0) is 18.2 Å². The highest BCUT2D eigenvalue weighted by Crippen LogP contribution is 2.32. The molecule has 0 aliphatic rings. The van der Waals surface area contributed by atoms with Crippen molar-refractivity contribution in [2.75, 3.05) is 0 Å². The fraction of sp³-hybridized carbons (Fsp3) is 0. The Morgan fingerprint density at radius 1 is 0.933 bits per heavy atom. The molecule has 0 unspecified atom stereocenters. The van der Waals surface area contributed by atoms with Gasteiger partial charge in [0, 0.05) is 6.07 Å². The van der Waals surface area contributed by atoms with Gasteiger partial charge < -0.3 is 4.74 Å². The molecule has 0 aliphatic carbocycles. The van der Waals surface area contributed by atoms with E-state index in [1.165, 1.54) is 0 Å². The van der Waals surface area contributed by atoms with E-state index in [4.69, 9.17) is 27.9 Å². The molecule has 0 heterocycles. The smallest absolute Gasteiger partial charge is 0.154 e. The monoisotopic (exact) mass is 237 g/mol. The van der Waals surface area contributed by atoms with E-state index in [0.29, 0.717) is 21.5 Å². The predicted molar refractivity (Wildman–Crippen MR) is 61.8 cm³/mol. The topological polar surface area (TPSA) is 9.23 Å². The zero-order chi connectivity index (χ0) is 10.7. The summed E-state index contributed by atoms with van der Waals surface area (Å²) < 4.78 is 5.52. The van der Waals surface area contributed by atoms with Crippen LogP contribution in [0.4, 0.5) is 0 Å². The van der Waals surface area contributed by atoms with Crippen molar-refractivity contribution in [3.63, 3.8) is 0 Å². The van der Waals surface area contributed by atoms with Gasteiger partial charge in [-0.25, -0.2) is 0 Å². The number of hydrogen-bond acceptors (Lipinski definition) is 1. The summed E-state index contributed by atoms with van der Waals surface area (Å²) in [5.41, 5.74) is 0. The molecular formula is C12H7Cl2O. The van der Waals surface area contributed by atoms with Gasteiger partial charge in [0.15, 0.2) is 5.75 Å². The summed E-state index contributed by atoms with van der Waals surface area (Å²) in [6, 6.07) is 15.4. The van der Waals surface area contributed by atoms with E-state index in [0.717, 1.165) is 0 Å². The lowest BCUT2D eigenvalue weighted by molar-refractivity contribution is 0.482. The van der Waals surface area contributed by atoms with Gasteiger partial charge in [0.1, 0.15) is 5.75 Å². The van der Waals surface area contributed by atoms with Crippen LogP contribution in [0.3, 0.4) is 0 Å². The molecule has 0 spiro atoms. The maximum absolute atomic E-state index is 5.94. The second-order valence-corrected chi connectivity index (χ2v) is 3.69. The first-order valence-corrected chi connectivity index (χ1v) is 5.11. The van der Waals surface area contributed by atoms with Crippen LogP contribution < -0.4 is 4.74 Å². The third-order valence-electron chi connectivity index (χ3n) is 1.82. The van der Waals surface area contributed by atoms with Crippen molar-refractivity contribution in [2.45, 2.75) is 0 Å². The standard InChI is InChI=1S/C12H7Cl2O/c13-9-5-1-3-7-11(9)15-12-8-4-2-6-10(12)14/h1-7H. The third kappa shape index (κ3) is 2.44. The number of rotatable bonds is 2. The van der Waals surface area contributed by atoms with Crippen LogP contribution in [0.2, 0.25) is 10.0 Å². The van der Waals surface area contributed by atoms with Gasteiger partial charge in [0.25, 0.3) is 0 Å². The van der Waals surface area contributed by atoms with Crippen LogP contribution in [0.15, 0.2) is 42.5 Å². The molecule has 2 aromatic carbocycles. The molecule has 0 saturated carbocycles. The van der Waals surface area contributed by atoms with Crippen LogP contribution in [-0.2, 0) is 0 Å². The predicted octanol–water partition coefficient (Wildman–Crippen LogP) is 4.59. The number of hydrogen-bond donors (Lipinski definition) is 0. The van der Waals surface area contributed by atoms with E-state index in [1.807, 2.05) is 12.1 Å². The van der Waals surface area contributed by atoms with E-state index in [9.17, 15) is 0 Å². The molecule has 0 bridgehead atoms. The van der Waals surface area contributed by atoms with Crippen molar-refractivity contribution in [1.82, 2.24) is 0 Å². The van der Waals surface area contributed by atoms with Gasteiger partial charge in [-0.3, -0.25) is 0 Å². The van der Waals surface area contributed by atoms with E-state index in [-0.39, 0.29) is 0 Å². The van der Waals surface area contributed by atoms with Crippen molar-refractivity contribution in [3.05, 3.63) is 58.6 Å². The molecule has 0 N–H and O–H groups in total. The zero-order valence-corrected chi connectivity index (χ0v) is 9.22. The SMILES string of the molecule is Clc1ccc[c]c1Oc1ccccc1Cl. The van der Waals surface area contributed by atoms with Crippen molar-refractivity contribution in [2.24, 2.45) is 0 Å². The maximum atomic E-state index is 5.94. The fourth-order valence-corrected chi connectivity index (χ4v) is 1.46. The largest absolute Gasteiger partial charge is 0.454 e. The number of ether oxygens (including phenoxy) is 1. The molecule has 75 valence electrons. The van der Waals surface area contributed by atoms with Crippen LogP contribution in [0.25, 0.3) is 0 Å². The van der Waals surface area contributed by atoms with E-state index < -0.39 is 0 Å². The van der Waals surface area contributed by atoms with Gasteiger partial charge in [-0.2, -0.15) is 0 Å². The second-order valence-electron chi connectivity index (χ2n) is 2.88. The highest BCUT2D eigenvalue weighted by Gasteiger charge is 2.04. The summed E-state index contributed by atoms with van der Waals surface area (Å²) in [4.78, 5) is 0. The van der Waals surface area contributed by atoms with Gasteiger partial charge >= 0.3 is 0 Å². The Kier molecular flexibility index (Phi) is 3.14. The molecule has 1 radical (unpaired) electrons. The Labute approximate surface area is 98.2 Å². The minimum absolute atomic E-state index is 0.479. The van der Waals surface area contributed by atoms with Crippen molar-refractivity contribution >= 4 is 23.2 Å². The lowest BCUT2D eigenvalue weighted by atomic mass is 10.3. The first kappa shape index (κ1) is 10.3. The molecule has 0 fully saturated rings. The molecule has 0 aromatic heterocycles. The maximum Gasteiger partial charge on any atom is 0.154 e. The summed E-state index contributed by atoms with van der Waals surface area (Å²) in [6.07, 6.45) is 0. The normalized spacial score (nSPS) is 10.0. The number of para-hydroxylation sites is 2. The summed E-state index contributed by atoms with van der Waals surface area (Å²) >= 11 is 11.9. The van der Waals surface area contributed by atoms with Crippen molar-refractivity contribution in [1.29, 1.82) is 0 Å². The Morgan fingerprint density at radius 2 is 1.67 bits per heavy atom. The molecule has 0 saturated heterocycles. The zero-order valence-electron chi connectivity index (χ0n) is 7.71. The molecule has 0 amide bonds. The van der Waals surface area contributed by atoms with E-state index >= 15 is 0 Å². The van der Waals surface area contributed by atoms with Crippen molar-refractivity contribution in [3.8, 4) is 11.5 Å². The summed E-state index contributed by atoms with van der Waals surface area (Å²) in [5.74, 6) is 1.05. The minimum Gasteiger partial charge on any atom is -0.454 e. The second kappa shape index (κ2) is 4.56. The Hall–Kier alpha value is -1.18. The molecule has 0 aliphatic heterocycles. The Bertz CT molecular complexity index is 425. The molecule has 3 heteroatoms. The quantitative estimate of drug-likeness (QED) is 0.743. The number of benzene rings is 2. The molecule has 2 rings (SSSR count). The van der Waals surface area contributed by atoms with Crippen LogP contribution in [-0.4, -0.2) is 0 Å². The van der Waals surface area contributed by atoms with Crippen LogP contribution in [0.5, 0.6) is 11.5 Å². The number of halogens is 2. The Balaban J connectivity index is 2.30. The van der Waals surface area contributed by atoms with Crippen molar-refractivity contribution < 1.29 is 4.74 Å². The summed E-state index contributed by atoms with van der Waals surface area (Å²) in [7, 11) is 0. The average molecular weight is 238 g/mol. The lowest BCUT2D eigenvalue weighted by Gasteiger charge is -2.07. The highest BCUT2D eigenvalue weighted by molar-refractivity contribution is 6.32. The minimum atomic E-state index is 0.479. The fourth-order valence-electron chi connectivity index (χ4n) is 1.12. The van der Waals surface area contributed by atoms with E-state index in [1.54, 1.807) is 30.3 Å². The Morgan fingerprint density at radius 3 is 2.40 bits per heavy atom. The molecule has 15 heavy (non-hydrogen) atoms. The summed E-state index contributed by atoms with van der Waals surface area (Å²) in [6.45, 7) is 0. The average Bonchev–Trinajstić information content (AvgIpc) is 2.24. The lowest BCUT2D eigenvalue weighted by Crippen LogP contribution is -1.85. The van der Waals surface area contributed by atoms with Crippen LogP contribution in [0.1, 0.15) is 0 Å². The van der Waals surface area contributed by atoms with E-state index in [2.05, 4.69) is 6.07 Å². The molecule has 1 nitrogen and oxygen atoms in total. The van der Waals surface area contributed by atoms with Gasteiger partial charge in [0.05, 0.1) is 10.0 Å². The summed E-state index contributed by atoms with van der Waals surface area (Å²) in [5, 5.41) is 1.06. The van der Waals surface area contributed by atoms with Gasteiger partial charge in [0.2, 0.25) is 0 Å². The first-order chi connectivity index (χ1) is 7.27. The highest BCUT2D eigenvalue weighted by atomic mass is 35.5. The van der Waals surface area contributed by atoms with Crippen LogP contribution in [0, 0.1) is 6.07 Å².